The Morgan fingerprint density at radius 1 is 0.935 bits per heavy atom. The van der Waals surface area contributed by atoms with Gasteiger partial charge in [-0.15, -0.1) is 0 Å². The number of pyridine rings is 1. The summed E-state index contributed by atoms with van der Waals surface area (Å²) in [6.45, 7) is 17.2. The molecule has 0 fully saturated rings. The zero-order valence-electron chi connectivity index (χ0n) is 19.1. The van der Waals surface area contributed by atoms with Crippen LogP contribution in [-0.4, -0.2) is 4.98 Å². The molecule has 0 aliphatic rings. The highest BCUT2D eigenvalue weighted by Crippen LogP contribution is 2.36. The molecule has 0 aliphatic heterocycles. The minimum Gasteiger partial charge on any atom is -0.264 e. The molecule has 1 aromatic heterocycles. The molecule has 1 heterocycles. The standard InChI is InChI=1S/C30H31N/c1-7-26-18-22(4)13-16-28(26)30(27-11-9-8-10-12-27)29(21(2)3)24(6)14-15-25-17-23(5)19-31-20-25/h8-20H,2,6-7H2,1,3-5H3/b15-14+,30-29+. The first-order valence-corrected chi connectivity index (χ1v) is 10.7. The molecule has 156 valence electrons. The number of aryl methyl sites for hydroxylation is 3. The highest BCUT2D eigenvalue weighted by atomic mass is 14.6. The summed E-state index contributed by atoms with van der Waals surface area (Å²) in [6.07, 6.45) is 8.85. The first-order chi connectivity index (χ1) is 14.9. The van der Waals surface area contributed by atoms with E-state index in [2.05, 4.69) is 113 Å². The van der Waals surface area contributed by atoms with Crippen LogP contribution in [0.25, 0.3) is 11.6 Å². The summed E-state index contributed by atoms with van der Waals surface area (Å²) in [4.78, 5) is 4.29. The van der Waals surface area contributed by atoms with Crippen LogP contribution < -0.4 is 0 Å². The van der Waals surface area contributed by atoms with Gasteiger partial charge < -0.3 is 0 Å². The number of benzene rings is 2. The fraction of sp³-hybridized carbons (Fsp3) is 0.167. The van der Waals surface area contributed by atoms with Gasteiger partial charge in [0.25, 0.3) is 0 Å². The molecule has 3 rings (SSSR count). The van der Waals surface area contributed by atoms with Crippen molar-refractivity contribution in [2.24, 2.45) is 0 Å². The van der Waals surface area contributed by atoms with E-state index in [9.17, 15) is 0 Å². The fourth-order valence-electron chi connectivity index (χ4n) is 3.90. The van der Waals surface area contributed by atoms with E-state index in [-0.39, 0.29) is 0 Å². The second-order valence-electron chi connectivity index (χ2n) is 8.06. The molecule has 31 heavy (non-hydrogen) atoms. The summed E-state index contributed by atoms with van der Waals surface area (Å²) in [6, 6.07) is 19.4. The Balaban J connectivity index is 2.22. The van der Waals surface area contributed by atoms with Gasteiger partial charge in [0.15, 0.2) is 0 Å². The average Bonchev–Trinajstić information content (AvgIpc) is 2.76. The van der Waals surface area contributed by atoms with Gasteiger partial charge in [0.1, 0.15) is 0 Å². The molecule has 0 radical (unpaired) electrons. The van der Waals surface area contributed by atoms with Gasteiger partial charge in [0.2, 0.25) is 0 Å². The molecule has 0 unspecified atom stereocenters. The molecule has 0 saturated heterocycles. The molecular weight excluding hydrogens is 374 g/mol. The topological polar surface area (TPSA) is 12.9 Å². The highest BCUT2D eigenvalue weighted by molar-refractivity contribution is 5.89. The lowest BCUT2D eigenvalue weighted by Crippen LogP contribution is -2.01. The minimum absolute atomic E-state index is 0.940. The fourth-order valence-corrected chi connectivity index (χ4v) is 3.90. The van der Waals surface area contributed by atoms with E-state index in [0.29, 0.717) is 0 Å². The lowest BCUT2D eigenvalue weighted by atomic mass is 9.84. The second kappa shape index (κ2) is 10.0. The Bertz CT molecular complexity index is 1160. The second-order valence-corrected chi connectivity index (χ2v) is 8.06. The van der Waals surface area contributed by atoms with Gasteiger partial charge >= 0.3 is 0 Å². The third-order valence-corrected chi connectivity index (χ3v) is 5.34. The van der Waals surface area contributed by atoms with Gasteiger partial charge in [-0.2, -0.15) is 0 Å². The number of hydrogen-bond acceptors (Lipinski definition) is 1. The maximum Gasteiger partial charge on any atom is 0.0340 e. The van der Waals surface area contributed by atoms with Gasteiger partial charge in [-0.25, -0.2) is 0 Å². The Hall–Kier alpha value is -3.45. The molecule has 0 bridgehead atoms. The summed E-state index contributed by atoms with van der Waals surface area (Å²) in [5.41, 5.74) is 11.4. The molecule has 0 atom stereocenters. The van der Waals surface area contributed by atoms with Crippen molar-refractivity contribution in [1.82, 2.24) is 4.98 Å². The summed E-state index contributed by atoms with van der Waals surface area (Å²) < 4.78 is 0. The van der Waals surface area contributed by atoms with Crippen molar-refractivity contribution in [1.29, 1.82) is 0 Å². The smallest absolute Gasteiger partial charge is 0.0340 e. The number of allylic oxidation sites excluding steroid dienone is 4. The predicted octanol–water partition coefficient (Wildman–Crippen LogP) is 7.91. The van der Waals surface area contributed by atoms with E-state index >= 15 is 0 Å². The average molecular weight is 406 g/mol. The molecule has 0 saturated carbocycles. The van der Waals surface area contributed by atoms with E-state index in [0.717, 1.165) is 34.3 Å². The van der Waals surface area contributed by atoms with E-state index in [1.165, 1.54) is 27.8 Å². The monoisotopic (exact) mass is 405 g/mol. The van der Waals surface area contributed by atoms with Crippen molar-refractivity contribution >= 4 is 11.6 Å². The summed E-state index contributed by atoms with van der Waals surface area (Å²) >= 11 is 0. The number of rotatable bonds is 7. The van der Waals surface area contributed by atoms with Crippen molar-refractivity contribution in [3.05, 3.63) is 136 Å². The zero-order valence-corrected chi connectivity index (χ0v) is 19.1. The van der Waals surface area contributed by atoms with Crippen LogP contribution in [0, 0.1) is 13.8 Å². The number of hydrogen-bond donors (Lipinski definition) is 0. The number of aromatic nitrogens is 1. The lowest BCUT2D eigenvalue weighted by molar-refractivity contribution is 1.12. The third-order valence-electron chi connectivity index (χ3n) is 5.34. The van der Waals surface area contributed by atoms with E-state index in [1.807, 2.05) is 12.4 Å². The SMILES string of the molecule is C=C(C)/C(C(=C)/C=C/c1cncc(C)c1)=C(/c1ccccc1)c1ccc(C)cc1CC. The molecule has 0 amide bonds. The van der Waals surface area contributed by atoms with Gasteiger partial charge in [-0.05, 0) is 83.4 Å². The predicted molar refractivity (Wildman–Crippen MR) is 135 cm³/mol. The van der Waals surface area contributed by atoms with Crippen LogP contribution in [-0.2, 0) is 6.42 Å². The lowest BCUT2D eigenvalue weighted by Gasteiger charge is -2.20. The molecule has 0 aliphatic carbocycles. The number of nitrogens with zero attached hydrogens (tertiary/aromatic N) is 1. The van der Waals surface area contributed by atoms with Crippen LogP contribution in [0.2, 0.25) is 0 Å². The largest absolute Gasteiger partial charge is 0.264 e. The first kappa shape index (κ1) is 22.2. The Kier molecular flexibility index (Phi) is 7.20. The summed E-state index contributed by atoms with van der Waals surface area (Å²) in [5.74, 6) is 0. The van der Waals surface area contributed by atoms with Crippen molar-refractivity contribution in [2.45, 2.75) is 34.1 Å². The van der Waals surface area contributed by atoms with Crippen molar-refractivity contribution in [2.75, 3.05) is 0 Å². The molecule has 3 aromatic rings. The van der Waals surface area contributed by atoms with Crippen molar-refractivity contribution in [3.8, 4) is 0 Å². The van der Waals surface area contributed by atoms with Crippen molar-refractivity contribution in [3.63, 3.8) is 0 Å². The third kappa shape index (κ3) is 5.38. The molecule has 0 spiro atoms. The quantitative estimate of drug-likeness (QED) is 0.364. The molecule has 0 N–H and O–H groups in total. The first-order valence-electron chi connectivity index (χ1n) is 10.7. The molecular formula is C30H31N. The maximum absolute atomic E-state index is 4.43. The normalized spacial score (nSPS) is 12.0. The maximum atomic E-state index is 4.43. The van der Waals surface area contributed by atoms with Crippen LogP contribution in [0.1, 0.15) is 47.2 Å². The summed E-state index contributed by atoms with van der Waals surface area (Å²) in [5, 5.41) is 0. The van der Waals surface area contributed by atoms with Gasteiger partial charge in [-0.3, -0.25) is 4.98 Å². The minimum atomic E-state index is 0.940. The van der Waals surface area contributed by atoms with Gasteiger partial charge in [0, 0.05) is 12.4 Å². The van der Waals surface area contributed by atoms with Crippen LogP contribution >= 0.6 is 0 Å². The van der Waals surface area contributed by atoms with E-state index < -0.39 is 0 Å². The van der Waals surface area contributed by atoms with Crippen LogP contribution in [0.4, 0.5) is 0 Å². The Labute approximate surface area is 187 Å². The van der Waals surface area contributed by atoms with Crippen LogP contribution in [0.5, 0.6) is 0 Å². The zero-order chi connectivity index (χ0) is 22.4. The van der Waals surface area contributed by atoms with Gasteiger partial charge in [0.05, 0.1) is 0 Å². The highest BCUT2D eigenvalue weighted by Gasteiger charge is 2.17. The van der Waals surface area contributed by atoms with E-state index in [4.69, 9.17) is 0 Å². The molecule has 2 aromatic carbocycles. The van der Waals surface area contributed by atoms with Crippen LogP contribution in [0.3, 0.4) is 0 Å². The Morgan fingerprint density at radius 2 is 1.68 bits per heavy atom. The van der Waals surface area contributed by atoms with Crippen LogP contribution in [0.15, 0.2) is 103 Å². The van der Waals surface area contributed by atoms with Gasteiger partial charge in [-0.1, -0.05) is 86.3 Å². The molecule has 1 heteroatoms. The molecule has 1 nitrogen and oxygen atoms in total. The summed E-state index contributed by atoms with van der Waals surface area (Å²) in [7, 11) is 0. The van der Waals surface area contributed by atoms with Crippen molar-refractivity contribution < 1.29 is 0 Å². The van der Waals surface area contributed by atoms with E-state index in [1.54, 1.807) is 0 Å². The Morgan fingerprint density at radius 3 is 2.32 bits per heavy atom.